The molecule has 0 amide bonds. The maximum Gasteiger partial charge on any atom is 0.310 e. The van der Waals surface area contributed by atoms with E-state index in [0.29, 0.717) is 5.56 Å². The predicted octanol–water partition coefficient (Wildman–Crippen LogP) is 1.90. The molecule has 0 saturated carbocycles. The van der Waals surface area contributed by atoms with Crippen molar-refractivity contribution in [3.8, 4) is 11.5 Å². The normalized spacial score (nSPS) is 12.2. The molecule has 4 heteroatoms. The van der Waals surface area contributed by atoms with Crippen molar-refractivity contribution in [3.05, 3.63) is 23.3 Å². The number of carboxylic acids is 1. The Bertz CT molecular complexity index is 384. The smallest absolute Gasteiger partial charge is 0.310 e. The number of aromatic hydroxyl groups is 1. The molecule has 4 nitrogen and oxygen atoms in total. The number of ether oxygens (including phenoxy) is 1. The maximum atomic E-state index is 10.9. The molecule has 1 atom stereocenters. The van der Waals surface area contributed by atoms with Crippen LogP contribution in [0, 0.1) is 6.92 Å². The van der Waals surface area contributed by atoms with E-state index in [1.54, 1.807) is 19.9 Å². The summed E-state index contributed by atoms with van der Waals surface area (Å²) in [4.78, 5) is 10.9. The van der Waals surface area contributed by atoms with Crippen molar-refractivity contribution in [1.29, 1.82) is 0 Å². The summed E-state index contributed by atoms with van der Waals surface area (Å²) in [7, 11) is 1.41. The number of hydrogen-bond donors (Lipinski definition) is 2. The molecule has 1 aromatic rings. The largest absolute Gasteiger partial charge is 0.504 e. The van der Waals surface area contributed by atoms with Gasteiger partial charge in [0.25, 0.3) is 0 Å². The summed E-state index contributed by atoms with van der Waals surface area (Å²) < 4.78 is 5.01. The number of phenols is 1. The van der Waals surface area contributed by atoms with Crippen LogP contribution in [0.1, 0.15) is 24.0 Å². The van der Waals surface area contributed by atoms with E-state index in [4.69, 9.17) is 9.84 Å². The van der Waals surface area contributed by atoms with Gasteiger partial charge in [0.2, 0.25) is 0 Å². The number of methoxy groups -OCH3 is 1. The Labute approximate surface area is 88.1 Å². The van der Waals surface area contributed by atoms with Crippen LogP contribution in [-0.2, 0) is 4.79 Å². The van der Waals surface area contributed by atoms with Crippen molar-refractivity contribution >= 4 is 5.97 Å². The van der Waals surface area contributed by atoms with Gasteiger partial charge in [-0.1, -0.05) is 6.07 Å². The Balaban J connectivity index is 3.37. The highest BCUT2D eigenvalue weighted by atomic mass is 16.5. The fourth-order valence-corrected chi connectivity index (χ4v) is 1.56. The minimum Gasteiger partial charge on any atom is -0.504 e. The predicted molar refractivity (Wildman–Crippen MR) is 55.4 cm³/mol. The van der Waals surface area contributed by atoms with E-state index in [9.17, 15) is 9.90 Å². The van der Waals surface area contributed by atoms with Crippen molar-refractivity contribution in [2.75, 3.05) is 7.11 Å². The molecule has 0 saturated heterocycles. The number of benzene rings is 1. The molecule has 0 bridgehead atoms. The number of rotatable bonds is 3. The Morgan fingerprint density at radius 1 is 1.47 bits per heavy atom. The lowest BCUT2D eigenvalue weighted by molar-refractivity contribution is -0.138. The van der Waals surface area contributed by atoms with Gasteiger partial charge in [-0.3, -0.25) is 4.79 Å². The summed E-state index contributed by atoms with van der Waals surface area (Å²) >= 11 is 0. The summed E-state index contributed by atoms with van der Waals surface area (Å²) in [5, 5.41) is 18.5. The number of carboxylic acid groups (broad SMARTS) is 1. The van der Waals surface area contributed by atoms with E-state index < -0.39 is 11.9 Å². The van der Waals surface area contributed by atoms with Crippen LogP contribution in [0.3, 0.4) is 0 Å². The molecule has 0 aliphatic carbocycles. The number of carbonyl (C=O) groups is 1. The van der Waals surface area contributed by atoms with Crippen molar-refractivity contribution in [1.82, 2.24) is 0 Å². The molecule has 0 aliphatic heterocycles. The molecule has 2 N–H and O–H groups in total. The van der Waals surface area contributed by atoms with Gasteiger partial charge in [0.05, 0.1) is 13.0 Å². The third kappa shape index (κ3) is 2.03. The average Bonchev–Trinajstić information content (AvgIpc) is 2.19. The quantitative estimate of drug-likeness (QED) is 0.799. The first-order valence-electron chi connectivity index (χ1n) is 4.58. The van der Waals surface area contributed by atoms with Gasteiger partial charge in [-0.05, 0) is 25.5 Å². The highest BCUT2D eigenvalue weighted by Crippen LogP contribution is 2.37. The van der Waals surface area contributed by atoms with Crippen LogP contribution in [0.2, 0.25) is 0 Å². The highest BCUT2D eigenvalue weighted by Gasteiger charge is 2.22. The fraction of sp³-hybridized carbons (Fsp3) is 0.364. The molecular formula is C11H14O4. The number of aryl methyl sites for hydroxylation is 1. The zero-order valence-corrected chi connectivity index (χ0v) is 8.94. The highest BCUT2D eigenvalue weighted by molar-refractivity contribution is 5.78. The first-order chi connectivity index (χ1) is 6.99. The van der Waals surface area contributed by atoms with Gasteiger partial charge in [0.15, 0.2) is 11.5 Å². The Kier molecular flexibility index (Phi) is 3.19. The molecule has 15 heavy (non-hydrogen) atoms. The van der Waals surface area contributed by atoms with Gasteiger partial charge < -0.3 is 14.9 Å². The van der Waals surface area contributed by atoms with E-state index in [1.807, 2.05) is 0 Å². The molecule has 82 valence electrons. The molecule has 0 heterocycles. The lowest BCUT2D eigenvalue weighted by atomic mass is 9.95. The molecule has 0 fully saturated rings. The Morgan fingerprint density at radius 3 is 2.53 bits per heavy atom. The first kappa shape index (κ1) is 11.4. The second-order valence-corrected chi connectivity index (χ2v) is 3.41. The lowest BCUT2D eigenvalue weighted by Crippen LogP contribution is -2.10. The molecule has 0 spiro atoms. The second-order valence-electron chi connectivity index (χ2n) is 3.41. The standard InChI is InChI=1S/C11H14O4/c1-6-4-5-8(12)10(15-3)9(6)7(2)11(13)14/h4-5,7,12H,1-3H3,(H,13,14). The van der Waals surface area contributed by atoms with Crippen LogP contribution in [0.15, 0.2) is 12.1 Å². The van der Waals surface area contributed by atoms with E-state index in [1.165, 1.54) is 13.2 Å². The van der Waals surface area contributed by atoms with Gasteiger partial charge in [-0.2, -0.15) is 0 Å². The van der Waals surface area contributed by atoms with E-state index in [0.717, 1.165) is 5.56 Å². The SMILES string of the molecule is COc1c(O)ccc(C)c1C(C)C(=O)O. The summed E-state index contributed by atoms with van der Waals surface area (Å²) in [6.07, 6.45) is 0. The van der Waals surface area contributed by atoms with Crippen LogP contribution >= 0.6 is 0 Å². The molecule has 1 unspecified atom stereocenters. The maximum absolute atomic E-state index is 10.9. The summed E-state index contributed by atoms with van der Waals surface area (Å²) in [6.45, 7) is 3.35. The summed E-state index contributed by atoms with van der Waals surface area (Å²) in [6, 6.07) is 3.17. The van der Waals surface area contributed by atoms with Gasteiger partial charge in [-0.15, -0.1) is 0 Å². The lowest BCUT2D eigenvalue weighted by Gasteiger charge is -2.16. The Hall–Kier alpha value is -1.71. The molecule has 0 aliphatic rings. The zero-order chi connectivity index (χ0) is 11.6. The monoisotopic (exact) mass is 210 g/mol. The third-order valence-electron chi connectivity index (χ3n) is 2.40. The molecule has 1 rings (SSSR count). The van der Waals surface area contributed by atoms with Crippen LogP contribution in [0.4, 0.5) is 0 Å². The minimum atomic E-state index is -0.943. The van der Waals surface area contributed by atoms with Gasteiger partial charge in [-0.25, -0.2) is 0 Å². The molecular weight excluding hydrogens is 196 g/mol. The molecule has 0 radical (unpaired) electrons. The van der Waals surface area contributed by atoms with Gasteiger partial charge >= 0.3 is 5.97 Å². The first-order valence-corrected chi connectivity index (χ1v) is 4.58. The summed E-state index contributed by atoms with van der Waals surface area (Å²) in [5.41, 5.74) is 1.31. The van der Waals surface area contributed by atoms with Crippen LogP contribution in [0.5, 0.6) is 11.5 Å². The van der Waals surface area contributed by atoms with Crippen molar-refractivity contribution < 1.29 is 19.7 Å². The van der Waals surface area contributed by atoms with E-state index >= 15 is 0 Å². The minimum absolute atomic E-state index is 0.0359. The van der Waals surface area contributed by atoms with Gasteiger partial charge in [0, 0.05) is 5.56 Å². The average molecular weight is 210 g/mol. The van der Waals surface area contributed by atoms with E-state index in [2.05, 4.69) is 0 Å². The van der Waals surface area contributed by atoms with Crippen molar-refractivity contribution in [2.24, 2.45) is 0 Å². The zero-order valence-electron chi connectivity index (χ0n) is 8.94. The fourth-order valence-electron chi connectivity index (χ4n) is 1.56. The number of aliphatic carboxylic acids is 1. The van der Waals surface area contributed by atoms with Crippen molar-refractivity contribution in [2.45, 2.75) is 19.8 Å². The molecule has 0 aromatic heterocycles. The van der Waals surface area contributed by atoms with Gasteiger partial charge in [0.1, 0.15) is 0 Å². The number of phenolic OH excluding ortho intramolecular Hbond substituents is 1. The van der Waals surface area contributed by atoms with E-state index in [-0.39, 0.29) is 11.5 Å². The van der Waals surface area contributed by atoms with Crippen LogP contribution in [-0.4, -0.2) is 23.3 Å². The topological polar surface area (TPSA) is 66.8 Å². The van der Waals surface area contributed by atoms with Crippen LogP contribution in [0.25, 0.3) is 0 Å². The Morgan fingerprint density at radius 2 is 2.07 bits per heavy atom. The second kappa shape index (κ2) is 4.21. The number of hydrogen-bond acceptors (Lipinski definition) is 3. The molecule has 1 aromatic carbocycles. The van der Waals surface area contributed by atoms with Crippen molar-refractivity contribution in [3.63, 3.8) is 0 Å². The van der Waals surface area contributed by atoms with Crippen LogP contribution < -0.4 is 4.74 Å². The third-order valence-corrected chi connectivity index (χ3v) is 2.40. The summed E-state index contributed by atoms with van der Waals surface area (Å²) in [5.74, 6) is -1.44.